The van der Waals surface area contributed by atoms with E-state index in [1.54, 1.807) is 18.2 Å². The van der Waals surface area contributed by atoms with Crippen molar-refractivity contribution < 1.29 is 37.7 Å². The monoisotopic (exact) mass is 511 g/mol. The van der Waals surface area contributed by atoms with Crippen LogP contribution in [0, 0.1) is 0 Å². The summed E-state index contributed by atoms with van der Waals surface area (Å²) in [7, 11) is 1.52. The molecular weight excluding hydrogens is 487 g/mol. The normalized spacial score (nSPS) is 17.5. The largest absolute Gasteiger partial charge is 0.508 e. The van der Waals surface area contributed by atoms with Crippen molar-refractivity contribution in [1.29, 1.82) is 0 Å². The number of nitrogens with zero attached hydrogens (tertiary/aromatic N) is 1. The minimum absolute atomic E-state index is 0.0187. The standard InChI is InChI=1S/C28H24F3NO5/c1-15(2)21-14-17(6-13-22(21)37-3)25(34)23-24(16-4-11-20(33)12-5-16)32(27(36)26(23)35)19-9-7-18(8-10-19)28(29,30)31/h4-15,24,33-34H,1-3H3/b25-23-. The van der Waals surface area contributed by atoms with Gasteiger partial charge >= 0.3 is 6.18 Å². The Labute approximate surface area is 211 Å². The van der Waals surface area contributed by atoms with Gasteiger partial charge in [-0.1, -0.05) is 26.0 Å². The summed E-state index contributed by atoms with van der Waals surface area (Å²) < 4.78 is 44.7. The molecule has 9 heteroatoms. The third-order valence-corrected chi connectivity index (χ3v) is 6.25. The number of aromatic hydroxyl groups is 1. The number of phenols is 1. The van der Waals surface area contributed by atoms with Gasteiger partial charge in [-0.25, -0.2) is 0 Å². The number of aliphatic hydroxyl groups is 1. The van der Waals surface area contributed by atoms with E-state index in [1.165, 1.54) is 31.4 Å². The summed E-state index contributed by atoms with van der Waals surface area (Å²) in [5.41, 5.74) is 0.327. The molecule has 1 saturated heterocycles. The number of ether oxygens (including phenoxy) is 1. The lowest BCUT2D eigenvalue weighted by molar-refractivity contribution is -0.137. The van der Waals surface area contributed by atoms with Gasteiger partial charge in [-0.05, 0) is 71.6 Å². The number of amides is 1. The Kier molecular flexibility index (Phi) is 6.73. The van der Waals surface area contributed by atoms with Crippen molar-refractivity contribution in [2.45, 2.75) is 32.0 Å². The van der Waals surface area contributed by atoms with E-state index in [0.717, 1.165) is 34.7 Å². The van der Waals surface area contributed by atoms with Gasteiger partial charge in [0.2, 0.25) is 0 Å². The molecule has 1 aliphatic heterocycles. The maximum atomic E-state index is 13.3. The Morgan fingerprint density at radius 1 is 0.973 bits per heavy atom. The van der Waals surface area contributed by atoms with Gasteiger partial charge in [0, 0.05) is 11.3 Å². The van der Waals surface area contributed by atoms with Crippen molar-refractivity contribution in [3.63, 3.8) is 0 Å². The van der Waals surface area contributed by atoms with E-state index in [4.69, 9.17) is 4.74 Å². The molecule has 0 spiro atoms. The quantitative estimate of drug-likeness (QED) is 0.243. The SMILES string of the molecule is COc1ccc(/C(O)=C2/C(=O)C(=O)N(c3ccc(C(F)(F)F)cc3)C2c2ccc(O)cc2)cc1C(C)C. The smallest absolute Gasteiger partial charge is 0.416 e. The van der Waals surface area contributed by atoms with E-state index in [-0.39, 0.29) is 28.5 Å². The summed E-state index contributed by atoms with van der Waals surface area (Å²) in [6, 6.07) is 13.2. The highest BCUT2D eigenvalue weighted by Crippen LogP contribution is 2.43. The first-order valence-corrected chi connectivity index (χ1v) is 11.4. The predicted octanol–water partition coefficient (Wildman–Crippen LogP) is 6.17. The number of benzene rings is 3. The number of Topliss-reactive ketones (excluding diaryl/α,β-unsaturated/α-hetero) is 1. The molecule has 0 bridgehead atoms. The molecule has 3 aromatic rings. The van der Waals surface area contributed by atoms with Crippen LogP contribution in [0.25, 0.3) is 5.76 Å². The number of halogens is 3. The number of carbonyl (C=O) groups is 2. The number of methoxy groups -OCH3 is 1. The van der Waals surface area contributed by atoms with Crippen LogP contribution in [0.5, 0.6) is 11.5 Å². The van der Waals surface area contributed by atoms with Crippen LogP contribution in [0.1, 0.15) is 48.1 Å². The van der Waals surface area contributed by atoms with Crippen molar-refractivity contribution in [2.24, 2.45) is 0 Å². The first kappa shape index (κ1) is 25.8. The van der Waals surface area contributed by atoms with Crippen LogP contribution in [-0.4, -0.2) is 29.0 Å². The van der Waals surface area contributed by atoms with Gasteiger partial charge in [0.05, 0.1) is 24.3 Å². The van der Waals surface area contributed by atoms with E-state index in [2.05, 4.69) is 0 Å². The summed E-state index contributed by atoms with van der Waals surface area (Å²) in [5.74, 6) is -1.88. The van der Waals surface area contributed by atoms with Crippen LogP contribution in [0.3, 0.4) is 0 Å². The molecule has 2 N–H and O–H groups in total. The fourth-order valence-electron chi connectivity index (χ4n) is 4.37. The summed E-state index contributed by atoms with van der Waals surface area (Å²) in [6.07, 6.45) is -4.58. The molecule has 0 aromatic heterocycles. The van der Waals surface area contributed by atoms with E-state index >= 15 is 0 Å². The Morgan fingerprint density at radius 3 is 2.14 bits per heavy atom. The average Bonchev–Trinajstić information content (AvgIpc) is 3.13. The number of carbonyl (C=O) groups excluding carboxylic acids is 2. The maximum absolute atomic E-state index is 13.3. The van der Waals surface area contributed by atoms with Gasteiger partial charge in [-0.2, -0.15) is 13.2 Å². The fourth-order valence-corrected chi connectivity index (χ4v) is 4.37. The third-order valence-electron chi connectivity index (χ3n) is 6.25. The van der Waals surface area contributed by atoms with E-state index in [0.29, 0.717) is 11.3 Å². The molecule has 37 heavy (non-hydrogen) atoms. The molecule has 3 aromatic carbocycles. The van der Waals surface area contributed by atoms with Gasteiger partial charge in [0.15, 0.2) is 0 Å². The van der Waals surface area contributed by atoms with Gasteiger partial charge in [-0.15, -0.1) is 0 Å². The lowest BCUT2D eigenvalue weighted by atomic mass is 9.93. The Hall–Kier alpha value is -4.27. The molecule has 0 aliphatic carbocycles. The molecule has 4 rings (SSSR count). The molecule has 1 amide bonds. The number of phenolic OH excluding ortho intramolecular Hbond substituents is 1. The van der Waals surface area contributed by atoms with Crippen molar-refractivity contribution in [3.8, 4) is 11.5 Å². The molecule has 1 heterocycles. The van der Waals surface area contributed by atoms with E-state index in [9.17, 15) is 33.0 Å². The highest BCUT2D eigenvalue weighted by atomic mass is 19.4. The zero-order valence-electron chi connectivity index (χ0n) is 20.2. The maximum Gasteiger partial charge on any atom is 0.416 e. The van der Waals surface area contributed by atoms with Crippen LogP contribution in [0.4, 0.5) is 18.9 Å². The minimum atomic E-state index is -4.58. The first-order valence-electron chi connectivity index (χ1n) is 11.4. The second-order valence-corrected chi connectivity index (χ2v) is 8.92. The molecule has 0 radical (unpaired) electrons. The molecule has 1 aliphatic rings. The fraction of sp³-hybridized carbons (Fsp3) is 0.214. The van der Waals surface area contributed by atoms with Crippen molar-refractivity contribution >= 4 is 23.1 Å². The van der Waals surface area contributed by atoms with Gasteiger partial charge in [0.25, 0.3) is 11.7 Å². The molecule has 1 unspecified atom stereocenters. The first-order chi connectivity index (χ1) is 17.4. The average molecular weight is 511 g/mol. The van der Waals surface area contributed by atoms with Gasteiger partial charge < -0.3 is 14.9 Å². The lowest BCUT2D eigenvalue weighted by Crippen LogP contribution is -2.29. The van der Waals surface area contributed by atoms with Crippen LogP contribution in [0.15, 0.2) is 72.3 Å². The molecule has 0 saturated carbocycles. The lowest BCUT2D eigenvalue weighted by Gasteiger charge is -2.26. The summed E-state index contributed by atoms with van der Waals surface area (Å²) >= 11 is 0. The number of aliphatic hydroxyl groups excluding tert-OH is 1. The zero-order valence-corrected chi connectivity index (χ0v) is 20.2. The number of alkyl halides is 3. The zero-order chi connectivity index (χ0) is 27.1. The molecule has 1 fully saturated rings. The van der Waals surface area contributed by atoms with Crippen molar-refractivity contribution in [2.75, 3.05) is 12.0 Å². The van der Waals surface area contributed by atoms with Gasteiger partial charge in [0.1, 0.15) is 17.3 Å². The van der Waals surface area contributed by atoms with E-state index < -0.39 is 35.2 Å². The molecule has 6 nitrogen and oxygen atoms in total. The number of ketones is 1. The summed E-state index contributed by atoms with van der Waals surface area (Å²) in [4.78, 5) is 27.5. The topological polar surface area (TPSA) is 87.1 Å². The van der Waals surface area contributed by atoms with Crippen LogP contribution in [-0.2, 0) is 15.8 Å². The molecular formula is C28H24F3NO5. The highest BCUT2D eigenvalue weighted by Gasteiger charge is 2.47. The third kappa shape index (κ3) is 4.76. The molecule has 1 atom stereocenters. The molecule has 192 valence electrons. The Balaban J connectivity index is 1.91. The van der Waals surface area contributed by atoms with E-state index in [1.807, 2.05) is 13.8 Å². The second-order valence-electron chi connectivity index (χ2n) is 8.92. The van der Waals surface area contributed by atoms with Crippen LogP contribution in [0.2, 0.25) is 0 Å². The number of hydrogen-bond acceptors (Lipinski definition) is 5. The summed E-state index contributed by atoms with van der Waals surface area (Å²) in [6.45, 7) is 3.86. The number of anilines is 1. The van der Waals surface area contributed by atoms with Crippen molar-refractivity contribution in [1.82, 2.24) is 0 Å². The summed E-state index contributed by atoms with van der Waals surface area (Å²) in [5, 5.41) is 21.1. The second kappa shape index (κ2) is 9.65. The predicted molar refractivity (Wildman–Crippen MR) is 131 cm³/mol. The van der Waals surface area contributed by atoms with Crippen molar-refractivity contribution in [3.05, 3.63) is 94.6 Å². The van der Waals surface area contributed by atoms with Gasteiger partial charge in [-0.3, -0.25) is 14.5 Å². The van der Waals surface area contributed by atoms with Crippen LogP contribution < -0.4 is 9.64 Å². The van der Waals surface area contributed by atoms with Crippen LogP contribution >= 0.6 is 0 Å². The number of rotatable bonds is 5. The highest BCUT2D eigenvalue weighted by molar-refractivity contribution is 6.51. The Bertz CT molecular complexity index is 1380. The number of hydrogen-bond donors (Lipinski definition) is 2. The Morgan fingerprint density at radius 2 is 1.59 bits per heavy atom. The minimum Gasteiger partial charge on any atom is -0.508 e.